The second-order valence-corrected chi connectivity index (χ2v) is 9.96. The highest BCUT2D eigenvalue weighted by molar-refractivity contribution is 7.19. The Bertz CT molecular complexity index is 1200. The summed E-state index contributed by atoms with van der Waals surface area (Å²) in [6.07, 6.45) is 3.48. The zero-order chi connectivity index (χ0) is 22.3. The molecule has 0 aliphatic carbocycles. The predicted molar refractivity (Wildman–Crippen MR) is 129 cm³/mol. The van der Waals surface area contributed by atoms with Gasteiger partial charge in [-0.05, 0) is 44.0 Å². The van der Waals surface area contributed by atoms with E-state index >= 15 is 0 Å². The first kappa shape index (κ1) is 21.1. The van der Waals surface area contributed by atoms with Crippen LogP contribution in [-0.2, 0) is 29.0 Å². The molecule has 0 saturated heterocycles. The summed E-state index contributed by atoms with van der Waals surface area (Å²) in [5.74, 6) is -0.0600. The minimum Gasteiger partial charge on any atom is -0.370 e. The van der Waals surface area contributed by atoms with Gasteiger partial charge in [0.1, 0.15) is 11.0 Å². The maximum Gasteiger partial charge on any atom is 0.221 e. The van der Waals surface area contributed by atoms with Crippen molar-refractivity contribution in [2.45, 2.75) is 52.0 Å². The molecule has 1 unspecified atom stereocenters. The molecule has 0 radical (unpaired) electrons. The van der Waals surface area contributed by atoms with Crippen molar-refractivity contribution in [2.75, 3.05) is 11.9 Å². The number of hydrogen-bond acceptors (Lipinski definition) is 7. The summed E-state index contributed by atoms with van der Waals surface area (Å²) in [6.45, 7) is 7.15. The molecule has 8 heteroatoms. The molecule has 1 amide bonds. The number of carbonyl (C=O) groups excluding carboxylic acids is 1. The highest BCUT2D eigenvalue weighted by Gasteiger charge is 2.29. The van der Waals surface area contributed by atoms with Crippen LogP contribution in [0.1, 0.15) is 48.6 Å². The third-order valence-electron chi connectivity index (χ3n) is 5.80. The maximum atomic E-state index is 11.2. The summed E-state index contributed by atoms with van der Waals surface area (Å²) in [4.78, 5) is 23.0. The molecular weight excluding hydrogens is 422 g/mol. The van der Waals surface area contributed by atoms with Gasteiger partial charge in [0.05, 0.1) is 34.8 Å². The van der Waals surface area contributed by atoms with Crippen LogP contribution in [0.5, 0.6) is 0 Å². The minimum absolute atomic E-state index is 0.00470. The lowest BCUT2D eigenvalue weighted by molar-refractivity contribution is -0.114. The van der Waals surface area contributed by atoms with Crippen molar-refractivity contribution in [3.05, 3.63) is 52.0 Å². The lowest BCUT2D eigenvalue weighted by Gasteiger charge is -2.31. The number of anilines is 1. The number of fused-ring (bicyclic) bond motifs is 4. The summed E-state index contributed by atoms with van der Waals surface area (Å²) in [7, 11) is 0. The van der Waals surface area contributed by atoms with Gasteiger partial charge in [0.25, 0.3) is 0 Å². The largest absolute Gasteiger partial charge is 0.370 e. The monoisotopic (exact) mass is 449 g/mol. The molecular formula is C24H27N5O2S. The predicted octanol–water partition coefficient (Wildman–Crippen LogP) is 4.20. The SMILES string of the molecule is CC(=O)Nc1ccc(CCNC2NC=Nc3c2sc2nc4c(cc32)COC(C)(C)C4)cc1. The molecule has 4 heterocycles. The number of carbonyl (C=O) groups is 1. The molecule has 0 saturated carbocycles. The molecule has 0 spiro atoms. The van der Waals surface area contributed by atoms with Gasteiger partial charge in [-0.15, -0.1) is 11.3 Å². The van der Waals surface area contributed by atoms with Gasteiger partial charge in [-0.2, -0.15) is 0 Å². The van der Waals surface area contributed by atoms with Gasteiger partial charge >= 0.3 is 0 Å². The summed E-state index contributed by atoms with van der Waals surface area (Å²) < 4.78 is 5.98. The Morgan fingerprint density at radius 2 is 2.12 bits per heavy atom. The fraction of sp³-hybridized carbons (Fsp3) is 0.375. The molecule has 2 aliphatic heterocycles. The van der Waals surface area contributed by atoms with Crippen LogP contribution in [0, 0.1) is 0 Å². The van der Waals surface area contributed by atoms with E-state index in [4.69, 9.17) is 9.72 Å². The van der Waals surface area contributed by atoms with Crippen LogP contribution in [0.3, 0.4) is 0 Å². The van der Waals surface area contributed by atoms with Crippen LogP contribution in [0.2, 0.25) is 0 Å². The number of rotatable bonds is 5. The second kappa shape index (κ2) is 8.27. The van der Waals surface area contributed by atoms with Crippen molar-refractivity contribution >= 4 is 45.2 Å². The van der Waals surface area contributed by atoms with Crippen LogP contribution in [0.15, 0.2) is 35.3 Å². The molecule has 32 heavy (non-hydrogen) atoms. The van der Waals surface area contributed by atoms with E-state index in [1.165, 1.54) is 22.9 Å². The molecule has 2 aliphatic rings. The average Bonchev–Trinajstić information content (AvgIpc) is 3.11. The van der Waals surface area contributed by atoms with Gasteiger partial charge < -0.3 is 15.4 Å². The number of pyridine rings is 1. The van der Waals surface area contributed by atoms with Crippen molar-refractivity contribution in [3.8, 4) is 0 Å². The first-order valence-electron chi connectivity index (χ1n) is 10.9. The topological polar surface area (TPSA) is 87.6 Å². The molecule has 7 nitrogen and oxygen atoms in total. The average molecular weight is 450 g/mol. The van der Waals surface area contributed by atoms with Crippen molar-refractivity contribution in [1.82, 2.24) is 15.6 Å². The van der Waals surface area contributed by atoms with E-state index < -0.39 is 0 Å². The van der Waals surface area contributed by atoms with E-state index in [2.05, 4.69) is 40.9 Å². The summed E-state index contributed by atoms with van der Waals surface area (Å²) in [5, 5.41) is 10.8. The highest BCUT2D eigenvalue weighted by atomic mass is 32.1. The van der Waals surface area contributed by atoms with Crippen LogP contribution in [0.25, 0.3) is 10.2 Å². The van der Waals surface area contributed by atoms with E-state index in [9.17, 15) is 4.79 Å². The first-order valence-corrected chi connectivity index (χ1v) is 11.7. The molecule has 5 rings (SSSR count). The normalized spacial score (nSPS) is 18.7. The van der Waals surface area contributed by atoms with Crippen molar-refractivity contribution in [1.29, 1.82) is 0 Å². The Morgan fingerprint density at radius 3 is 2.91 bits per heavy atom. The molecule has 2 aromatic heterocycles. The van der Waals surface area contributed by atoms with Gasteiger partial charge in [0.2, 0.25) is 5.91 Å². The van der Waals surface area contributed by atoms with Gasteiger partial charge in [-0.1, -0.05) is 12.1 Å². The molecule has 1 aromatic carbocycles. The minimum atomic E-state index is -0.172. The van der Waals surface area contributed by atoms with Crippen molar-refractivity contribution in [3.63, 3.8) is 0 Å². The van der Waals surface area contributed by atoms with Gasteiger partial charge in [0.15, 0.2) is 0 Å². The van der Waals surface area contributed by atoms with E-state index in [1.54, 1.807) is 17.7 Å². The van der Waals surface area contributed by atoms with Gasteiger partial charge in [-0.25, -0.2) is 9.98 Å². The Balaban J connectivity index is 1.30. The van der Waals surface area contributed by atoms with Gasteiger partial charge in [-0.3, -0.25) is 10.1 Å². The third-order valence-corrected chi connectivity index (χ3v) is 6.95. The van der Waals surface area contributed by atoms with Crippen molar-refractivity contribution in [2.24, 2.45) is 4.99 Å². The number of amides is 1. The molecule has 166 valence electrons. The Morgan fingerprint density at radius 1 is 1.31 bits per heavy atom. The quantitative estimate of drug-likeness (QED) is 0.543. The van der Waals surface area contributed by atoms with Crippen LogP contribution < -0.4 is 16.0 Å². The molecule has 3 aromatic rings. The van der Waals surface area contributed by atoms with Crippen LogP contribution in [0.4, 0.5) is 11.4 Å². The fourth-order valence-corrected chi connectivity index (χ4v) is 5.32. The fourth-order valence-electron chi connectivity index (χ4n) is 4.16. The Hall–Kier alpha value is -2.81. The zero-order valence-corrected chi connectivity index (χ0v) is 19.3. The lowest BCUT2D eigenvalue weighted by Crippen LogP contribution is -2.35. The first-order chi connectivity index (χ1) is 15.4. The summed E-state index contributed by atoms with van der Waals surface area (Å²) in [5.41, 5.74) is 5.16. The van der Waals surface area contributed by atoms with Gasteiger partial charge in [0, 0.05) is 36.5 Å². The molecule has 0 fully saturated rings. The number of hydrogen-bond donors (Lipinski definition) is 3. The van der Waals surface area contributed by atoms with Crippen molar-refractivity contribution < 1.29 is 9.53 Å². The smallest absolute Gasteiger partial charge is 0.221 e. The third kappa shape index (κ3) is 4.26. The number of aliphatic imine (C=N–C) groups is 1. The van der Waals surface area contributed by atoms with E-state index in [0.29, 0.717) is 6.61 Å². The maximum absolute atomic E-state index is 11.2. The number of nitrogens with one attached hydrogen (secondary N) is 3. The molecule has 3 N–H and O–H groups in total. The molecule has 0 bridgehead atoms. The van der Waals surface area contributed by atoms with Crippen LogP contribution >= 0.6 is 11.3 Å². The Labute approximate surface area is 191 Å². The number of thiophene rings is 1. The molecule has 1 atom stereocenters. The lowest BCUT2D eigenvalue weighted by atomic mass is 9.95. The second-order valence-electron chi connectivity index (χ2n) is 8.93. The number of aromatic nitrogens is 1. The number of benzene rings is 1. The Kier molecular flexibility index (Phi) is 5.44. The van der Waals surface area contributed by atoms with E-state index in [-0.39, 0.29) is 17.7 Å². The zero-order valence-electron chi connectivity index (χ0n) is 18.5. The van der Waals surface area contributed by atoms with Crippen LogP contribution in [-0.4, -0.2) is 29.4 Å². The van der Waals surface area contributed by atoms with E-state index in [0.717, 1.165) is 46.7 Å². The highest BCUT2D eigenvalue weighted by Crippen LogP contribution is 2.43. The number of nitrogens with zero attached hydrogens (tertiary/aromatic N) is 2. The van der Waals surface area contributed by atoms with E-state index in [1.807, 2.05) is 24.3 Å². The summed E-state index contributed by atoms with van der Waals surface area (Å²) >= 11 is 1.70. The standard InChI is InChI=1S/C24H27N5O2S/c1-14(30)28-17-6-4-15(5-7-17)8-9-25-22-21-20(26-13-27-22)18-10-16-12-31-24(2,3)11-19(16)29-23(18)32-21/h4-7,10,13,22,25H,8-9,11-12H2,1-3H3,(H,26,27)(H,28,30). The number of ether oxygens (including phenoxy) is 1. The summed E-state index contributed by atoms with van der Waals surface area (Å²) in [6, 6.07) is 10.2.